The van der Waals surface area contributed by atoms with Crippen LogP contribution in [0.25, 0.3) is 0 Å². The van der Waals surface area contributed by atoms with E-state index in [1.54, 1.807) is 36.4 Å². The number of rotatable bonds is 2. The Labute approximate surface area is 123 Å². The molecule has 1 N–H and O–H groups in total. The molecule has 0 heterocycles. The van der Waals surface area contributed by atoms with Crippen LogP contribution >= 0.6 is 39.1 Å². The molecule has 0 aliphatic carbocycles. The lowest BCUT2D eigenvalue weighted by atomic mass is 10.2. The van der Waals surface area contributed by atoms with Crippen LogP contribution in [0.5, 0.6) is 0 Å². The van der Waals surface area contributed by atoms with E-state index in [0.29, 0.717) is 21.3 Å². The largest absolute Gasteiger partial charge is 0.321 e. The Morgan fingerprint density at radius 1 is 1.11 bits per heavy atom. The van der Waals surface area contributed by atoms with Crippen LogP contribution in [0.3, 0.4) is 0 Å². The average Bonchev–Trinajstić information content (AvgIpc) is 2.34. The van der Waals surface area contributed by atoms with Crippen molar-refractivity contribution in [3.05, 3.63) is 62.5 Å². The topological polar surface area (TPSA) is 29.1 Å². The molecule has 18 heavy (non-hydrogen) atoms. The minimum atomic E-state index is -0.244. The molecule has 2 aromatic carbocycles. The first-order valence-electron chi connectivity index (χ1n) is 5.09. The van der Waals surface area contributed by atoms with Gasteiger partial charge in [0.05, 0.1) is 16.3 Å². The molecule has 0 fully saturated rings. The van der Waals surface area contributed by atoms with Crippen molar-refractivity contribution in [2.75, 3.05) is 5.32 Å². The lowest BCUT2D eigenvalue weighted by Crippen LogP contribution is -2.12. The molecule has 0 saturated heterocycles. The first-order valence-corrected chi connectivity index (χ1v) is 6.64. The van der Waals surface area contributed by atoms with Crippen molar-refractivity contribution in [1.29, 1.82) is 0 Å². The monoisotopic (exact) mass is 343 g/mol. The quantitative estimate of drug-likeness (QED) is 0.815. The Hall–Kier alpha value is -1.03. The number of hydrogen-bond acceptors (Lipinski definition) is 1. The fourth-order valence-electron chi connectivity index (χ4n) is 1.43. The van der Waals surface area contributed by atoms with E-state index in [4.69, 9.17) is 23.2 Å². The highest BCUT2D eigenvalue weighted by atomic mass is 79.9. The van der Waals surface area contributed by atoms with Crippen LogP contribution in [0.4, 0.5) is 5.69 Å². The van der Waals surface area contributed by atoms with E-state index in [1.807, 2.05) is 6.07 Å². The molecule has 0 unspecified atom stereocenters. The molecule has 0 aliphatic rings. The molecule has 0 spiro atoms. The number of carbonyl (C=O) groups excluding carboxylic acids is 1. The van der Waals surface area contributed by atoms with Gasteiger partial charge in [-0.1, -0.05) is 35.3 Å². The third-order valence-electron chi connectivity index (χ3n) is 2.30. The molecular formula is C13H8BrCl2NO. The third kappa shape index (κ3) is 3.05. The van der Waals surface area contributed by atoms with Crippen molar-refractivity contribution in [2.24, 2.45) is 0 Å². The van der Waals surface area contributed by atoms with E-state index in [1.165, 1.54) is 0 Å². The van der Waals surface area contributed by atoms with Gasteiger partial charge in [0, 0.05) is 9.50 Å². The van der Waals surface area contributed by atoms with E-state index in [2.05, 4.69) is 21.2 Å². The molecule has 0 atom stereocenters. The highest BCUT2D eigenvalue weighted by Gasteiger charge is 2.11. The fourth-order valence-corrected chi connectivity index (χ4v) is 2.23. The predicted molar refractivity (Wildman–Crippen MR) is 78.6 cm³/mol. The van der Waals surface area contributed by atoms with Crippen LogP contribution < -0.4 is 5.32 Å². The van der Waals surface area contributed by atoms with E-state index in [9.17, 15) is 4.79 Å². The molecule has 0 saturated carbocycles. The normalized spacial score (nSPS) is 10.2. The van der Waals surface area contributed by atoms with Crippen LogP contribution in [0.2, 0.25) is 10.0 Å². The van der Waals surface area contributed by atoms with Crippen molar-refractivity contribution in [1.82, 2.24) is 0 Å². The fraction of sp³-hybridized carbons (Fsp3) is 0. The van der Waals surface area contributed by atoms with Gasteiger partial charge < -0.3 is 5.32 Å². The second-order valence-corrected chi connectivity index (χ2v) is 5.26. The van der Waals surface area contributed by atoms with E-state index < -0.39 is 0 Å². The molecule has 5 heteroatoms. The predicted octanol–water partition coefficient (Wildman–Crippen LogP) is 5.01. The van der Waals surface area contributed by atoms with Gasteiger partial charge in [-0.3, -0.25) is 4.79 Å². The number of hydrogen-bond donors (Lipinski definition) is 1. The molecule has 1 amide bonds. The second-order valence-electron chi connectivity index (χ2n) is 3.56. The summed E-state index contributed by atoms with van der Waals surface area (Å²) in [6.45, 7) is 0. The number of benzene rings is 2. The maximum absolute atomic E-state index is 12.1. The zero-order valence-electron chi connectivity index (χ0n) is 9.08. The Morgan fingerprint density at radius 3 is 2.56 bits per heavy atom. The van der Waals surface area contributed by atoms with E-state index in [-0.39, 0.29) is 5.91 Å². The highest BCUT2D eigenvalue weighted by Crippen LogP contribution is 2.26. The molecule has 0 aliphatic heterocycles. The zero-order valence-corrected chi connectivity index (χ0v) is 12.2. The summed E-state index contributed by atoms with van der Waals surface area (Å²) in [5, 5.41) is 3.68. The number of halogens is 3. The van der Waals surface area contributed by atoms with Crippen LogP contribution in [0, 0.1) is 0 Å². The van der Waals surface area contributed by atoms with Gasteiger partial charge in [0.1, 0.15) is 0 Å². The summed E-state index contributed by atoms with van der Waals surface area (Å²) in [6.07, 6.45) is 0. The standard InChI is InChI=1S/C13H8BrCl2NO/c14-10-4-2-1-3-9(10)13(18)17-12-7-8(15)5-6-11(12)16/h1-7H,(H,17,18). The Balaban J connectivity index is 2.27. The first-order chi connectivity index (χ1) is 8.58. The Morgan fingerprint density at radius 2 is 1.83 bits per heavy atom. The first kappa shape index (κ1) is 13.4. The minimum Gasteiger partial charge on any atom is -0.321 e. The Bertz CT molecular complexity index is 601. The van der Waals surface area contributed by atoms with Gasteiger partial charge in [-0.25, -0.2) is 0 Å². The van der Waals surface area contributed by atoms with Crippen LogP contribution in [0.1, 0.15) is 10.4 Å². The summed E-state index contributed by atoms with van der Waals surface area (Å²) < 4.78 is 0.723. The Kier molecular flexibility index (Phi) is 4.27. The highest BCUT2D eigenvalue weighted by molar-refractivity contribution is 9.10. The van der Waals surface area contributed by atoms with Gasteiger partial charge in [-0.2, -0.15) is 0 Å². The lowest BCUT2D eigenvalue weighted by molar-refractivity contribution is 0.102. The summed E-state index contributed by atoms with van der Waals surface area (Å²) in [5.41, 5.74) is 1.03. The lowest BCUT2D eigenvalue weighted by Gasteiger charge is -2.08. The van der Waals surface area contributed by atoms with Gasteiger partial charge in [0.2, 0.25) is 0 Å². The van der Waals surface area contributed by atoms with Crippen molar-refractivity contribution in [3.63, 3.8) is 0 Å². The van der Waals surface area contributed by atoms with Crippen molar-refractivity contribution >= 4 is 50.7 Å². The number of amides is 1. The summed E-state index contributed by atoms with van der Waals surface area (Å²) in [7, 11) is 0. The van der Waals surface area contributed by atoms with Crippen LogP contribution in [-0.4, -0.2) is 5.91 Å². The number of nitrogens with one attached hydrogen (secondary N) is 1. The van der Waals surface area contributed by atoms with E-state index >= 15 is 0 Å². The van der Waals surface area contributed by atoms with Crippen molar-refractivity contribution in [3.8, 4) is 0 Å². The van der Waals surface area contributed by atoms with Gasteiger partial charge in [-0.15, -0.1) is 0 Å². The molecular weight excluding hydrogens is 337 g/mol. The smallest absolute Gasteiger partial charge is 0.256 e. The summed E-state index contributed by atoms with van der Waals surface area (Å²) >= 11 is 15.2. The SMILES string of the molecule is O=C(Nc1cc(Cl)ccc1Cl)c1ccccc1Br. The summed E-state index contributed by atoms with van der Waals surface area (Å²) in [5.74, 6) is -0.244. The maximum Gasteiger partial charge on any atom is 0.256 e. The molecule has 92 valence electrons. The van der Waals surface area contributed by atoms with Gasteiger partial charge in [-0.05, 0) is 46.3 Å². The molecule has 0 aromatic heterocycles. The maximum atomic E-state index is 12.1. The minimum absolute atomic E-state index is 0.244. The second kappa shape index (κ2) is 5.74. The third-order valence-corrected chi connectivity index (χ3v) is 3.55. The molecule has 2 nitrogen and oxygen atoms in total. The van der Waals surface area contributed by atoms with Gasteiger partial charge in [0.15, 0.2) is 0 Å². The molecule has 2 rings (SSSR count). The summed E-state index contributed by atoms with van der Waals surface area (Å²) in [6, 6.07) is 12.1. The van der Waals surface area contributed by atoms with Crippen molar-refractivity contribution in [2.45, 2.75) is 0 Å². The van der Waals surface area contributed by atoms with Crippen LogP contribution in [0.15, 0.2) is 46.9 Å². The van der Waals surface area contributed by atoms with Crippen LogP contribution in [-0.2, 0) is 0 Å². The van der Waals surface area contributed by atoms with Gasteiger partial charge in [0.25, 0.3) is 5.91 Å². The van der Waals surface area contributed by atoms with Crippen molar-refractivity contribution < 1.29 is 4.79 Å². The average molecular weight is 345 g/mol. The summed E-state index contributed by atoms with van der Waals surface area (Å²) in [4.78, 5) is 12.1. The molecule has 0 bridgehead atoms. The molecule has 2 aromatic rings. The molecule has 0 radical (unpaired) electrons. The van der Waals surface area contributed by atoms with E-state index in [0.717, 1.165) is 4.47 Å². The number of anilines is 1. The zero-order chi connectivity index (χ0) is 13.1. The number of carbonyl (C=O) groups is 1. The van der Waals surface area contributed by atoms with Gasteiger partial charge >= 0.3 is 0 Å².